The highest BCUT2D eigenvalue weighted by Gasteiger charge is 2.24. The fraction of sp³-hybridized carbons (Fsp3) is 0.733. The predicted molar refractivity (Wildman–Crippen MR) is 69.7 cm³/mol. The van der Waals surface area contributed by atoms with Gasteiger partial charge in [-0.25, -0.2) is 0 Å². The summed E-state index contributed by atoms with van der Waals surface area (Å²) in [6, 6.07) is 0. The maximum absolute atomic E-state index is 12.0. The van der Waals surface area contributed by atoms with Gasteiger partial charge >= 0.3 is 0 Å². The molecule has 0 aromatic carbocycles. The van der Waals surface area contributed by atoms with E-state index in [1.807, 2.05) is 13.8 Å². The van der Waals surface area contributed by atoms with E-state index in [1.165, 1.54) is 0 Å². The first-order valence-corrected chi connectivity index (χ1v) is 6.55. The molecule has 0 radical (unpaired) electrons. The standard InChI is InChI=1S/C15H24O2/c1-11-6-5-9-15(3,4)10-14(17)12(2)7-8-13(11)16/h5,9,11-12H,6-8,10H2,1-4H3/b9-5+/t11-,12+/m1/s1. The van der Waals surface area contributed by atoms with E-state index in [2.05, 4.69) is 26.0 Å². The number of hydrogen-bond acceptors (Lipinski definition) is 2. The van der Waals surface area contributed by atoms with Crippen molar-refractivity contribution in [1.29, 1.82) is 0 Å². The summed E-state index contributed by atoms with van der Waals surface area (Å²) in [6.45, 7) is 8.08. The van der Waals surface area contributed by atoms with Crippen molar-refractivity contribution in [2.45, 2.75) is 53.4 Å². The average molecular weight is 236 g/mol. The number of carbonyl (C=O) groups is 2. The monoisotopic (exact) mass is 236 g/mol. The molecule has 17 heavy (non-hydrogen) atoms. The van der Waals surface area contributed by atoms with Crippen LogP contribution >= 0.6 is 0 Å². The molecule has 0 fully saturated rings. The third-order valence-corrected chi connectivity index (χ3v) is 3.61. The van der Waals surface area contributed by atoms with Crippen LogP contribution in [-0.2, 0) is 9.59 Å². The number of ketones is 2. The fourth-order valence-corrected chi connectivity index (χ4v) is 2.17. The van der Waals surface area contributed by atoms with Crippen LogP contribution in [0.5, 0.6) is 0 Å². The molecule has 2 heteroatoms. The quantitative estimate of drug-likeness (QED) is 0.603. The van der Waals surface area contributed by atoms with Gasteiger partial charge < -0.3 is 0 Å². The molecule has 2 atom stereocenters. The molecular weight excluding hydrogens is 212 g/mol. The summed E-state index contributed by atoms with van der Waals surface area (Å²) in [7, 11) is 0. The number of hydrogen-bond donors (Lipinski definition) is 0. The molecular formula is C15H24O2. The Hall–Kier alpha value is -0.920. The summed E-state index contributed by atoms with van der Waals surface area (Å²) in [5.41, 5.74) is -0.0849. The van der Waals surface area contributed by atoms with E-state index in [0.717, 1.165) is 6.42 Å². The van der Waals surface area contributed by atoms with Crippen LogP contribution in [0.2, 0.25) is 0 Å². The van der Waals surface area contributed by atoms with Gasteiger partial charge in [0.2, 0.25) is 0 Å². The number of rotatable bonds is 0. The third-order valence-electron chi connectivity index (χ3n) is 3.61. The van der Waals surface area contributed by atoms with Crippen molar-refractivity contribution in [3.8, 4) is 0 Å². The Morgan fingerprint density at radius 1 is 1.12 bits per heavy atom. The van der Waals surface area contributed by atoms with Gasteiger partial charge in [-0.3, -0.25) is 9.59 Å². The second-order valence-electron chi connectivity index (χ2n) is 6.08. The zero-order valence-corrected chi connectivity index (χ0v) is 11.5. The Balaban J connectivity index is 2.84. The lowest BCUT2D eigenvalue weighted by molar-refractivity contribution is -0.125. The van der Waals surface area contributed by atoms with Crippen LogP contribution in [0, 0.1) is 17.3 Å². The van der Waals surface area contributed by atoms with Crippen molar-refractivity contribution in [2.24, 2.45) is 17.3 Å². The summed E-state index contributed by atoms with van der Waals surface area (Å²) in [5.74, 6) is 0.662. The highest BCUT2D eigenvalue weighted by atomic mass is 16.1. The number of carbonyl (C=O) groups excluding carboxylic acids is 2. The van der Waals surface area contributed by atoms with E-state index in [-0.39, 0.29) is 28.8 Å². The van der Waals surface area contributed by atoms with E-state index >= 15 is 0 Å². The lowest BCUT2D eigenvalue weighted by Crippen LogP contribution is -2.20. The summed E-state index contributed by atoms with van der Waals surface area (Å²) < 4.78 is 0. The second-order valence-corrected chi connectivity index (χ2v) is 6.08. The first kappa shape index (κ1) is 14.1. The largest absolute Gasteiger partial charge is 0.299 e. The van der Waals surface area contributed by atoms with Crippen molar-refractivity contribution in [3.05, 3.63) is 12.2 Å². The predicted octanol–water partition coefficient (Wildman–Crippen LogP) is 3.55. The minimum Gasteiger partial charge on any atom is -0.299 e. The Morgan fingerprint density at radius 3 is 2.41 bits per heavy atom. The second kappa shape index (κ2) is 5.61. The van der Waals surface area contributed by atoms with E-state index < -0.39 is 0 Å². The van der Waals surface area contributed by atoms with Crippen LogP contribution in [0.3, 0.4) is 0 Å². The highest BCUT2D eigenvalue weighted by molar-refractivity contribution is 5.84. The minimum atomic E-state index is -0.0849. The van der Waals surface area contributed by atoms with Gasteiger partial charge in [0.1, 0.15) is 11.6 Å². The number of allylic oxidation sites excluding steroid dienone is 2. The molecule has 1 rings (SSSR count). The van der Waals surface area contributed by atoms with E-state index in [9.17, 15) is 9.59 Å². The lowest BCUT2D eigenvalue weighted by atomic mass is 9.83. The first-order chi connectivity index (χ1) is 7.82. The molecule has 0 aromatic rings. The minimum absolute atomic E-state index is 0.0110. The molecule has 0 saturated carbocycles. The van der Waals surface area contributed by atoms with Crippen molar-refractivity contribution >= 4 is 11.6 Å². The summed E-state index contributed by atoms with van der Waals surface area (Å²) in [4.78, 5) is 23.8. The topological polar surface area (TPSA) is 34.1 Å². The van der Waals surface area contributed by atoms with Gasteiger partial charge in [-0.2, -0.15) is 0 Å². The van der Waals surface area contributed by atoms with Crippen molar-refractivity contribution in [1.82, 2.24) is 0 Å². The normalized spacial score (nSPS) is 32.9. The van der Waals surface area contributed by atoms with Crippen molar-refractivity contribution < 1.29 is 9.59 Å². The van der Waals surface area contributed by atoms with Crippen LogP contribution in [0.15, 0.2) is 12.2 Å². The molecule has 1 aliphatic rings. The Labute approximate surface area is 104 Å². The molecule has 0 aliphatic heterocycles. The molecule has 0 N–H and O–H groups in total. The molecule has 0 unspecified atom stereocenters. The number of Topliss-reactive ketones (excluding diaryl/α,β-unsaturated/α-hetero) is 2. The maximum Gasteiger partial charge on any atom is 0.136 e. The smallest absolute Gasteiger partial charge is 0.136 e. The first-order valence-electron chi connectivity index (χ1n) is 6.55. The van der Waals surface area contributed by atoms with Gasteiger partial charge in [-0.15, -0.1) is 0 Å². The molecule has 0 spiro atoms. The molecule has 0 heterocycles. The highest BCUT2D eigenvalue weighted by Crippen LogP contribution is 2.27. The van der Waals surface area contributed by atoms with Gasteiger partial charge in [0.15, 0.2) is 0 Å². The summed E-state index contributed by atoms with van der Waals surface area (Å²) >= 11 is 0. The third kappa shape index (κ3) is 4.45. The zero-order valence-electron chi connectivity index (χ0n) is 11.5. The van der Waals surface area contributed by atoms with E-state index in [1.54, 1.807) is 0 Å². The van der Waals surface area contributed by atoms with Crippen LogP contribution in [0.25, 0.3) is 0 Å². The van der Waals surface area contributed by atoms with Gasteiger partial charge in [-0.1, -0.05) is 39.8 Å². The molecule has 2 nitrogen and oxygen atoms in total. The summed E-state index contributed by atoms with van der Waals surface area (Å²) in [5, 5.41) is 0. The van der Waals surface area contributed by atoms with Crippen LogP contribution in [0.1, 0.15) is 53.4 Å². The lowest BCUT2D eigenvalue weighted by Gasteiger charge is -2.21. The van der Waals surface area contributed by atoms with E-state index in [4.69, 9.17) is 0 Å². The van der Waals surface area contributed by atoms with Gasteiger partial charge in [-0.05, 0) is 18.3 Å². The molecule has 0 amide bonds. The molecule has 0 aromatic heterocycles. The maximum atomic E-state index is 12.0. The van der Waals surface area contributed by atoms with Gasteiger partial charge in [0.05, 0.1) is 0 Å². The van der Waals surface area contributed by atoms with Gasteiger partial charge in [0.25, 0.3) is 0 Å². The molecule has 96 valence electrons. The van der Waals surface area contributed by atoms with Crippen LogP contribution < -0.4 is 0 Å². The van der Waals surface area contributed by atoms with Crippen molar-refractivity contribution in [2.75, 3.05) is 0 Å². The van der Waals surface area contributed by atoms with Gasteiger partial charge in [0, 0.05) is 24.7 Å². The van der Waals surface area contributed by atoms with Crippen LogP contribution in [-0.4, -0.2) is 11.6 Å². The SMILES string of the molecule is C[C@@H]1C/C=C/C(C)(C)CC(=O)[C@@H](C)CCC1=O. The summed E-state index contributed by atoms with van der Waals surface area (Å²) in [6.07, 6.45) is 6.77. The Morgan fingerprint density at radius 2 is 1.76 bits per heavy atom. The van der Waals surface area contributed by atoms with E-state index in [0.29, 0.717) is 19.3 Å². The molecule has 0 bridgehead atoms. The molecule has 1 aliphatic carbocycles. The molecule has 0 saturated heterocycles. The Bertz CT molecular complexity index is 326. The average Bonchev–Trinajstić information content (AvgIpc) is 2.23. The van der Waals surface area contributed by atoms with Crippen LogP contribution in [0.4, 0.5) is 0 Å². The zero-order chi connectivity index (χ0) is 13.1. The van der Waals surface area contributed by atoms with Crippen molar-refractivity contribution in [3.63, 3.8) is 0 Å². The Kier molecular flexibility index (Phi) is 4.67. The fourth-order valence-electron chi connectivity index (χ4n) is 2.17.